The van der Waals surface area contributed by atoms with Crippen LogP contribution in [0.5, 0.6) is 5.75 Å². The lowest BCUT2D eigenvalue weighted by molar-refractivity contribution is -0.127. The van der Waals surface area contributed by atoms with Gasteiger partial charge in [-0.1, -0.05) is 80.9 Å². The number of sulfonamides is 1. The molecule has 0 radical (unpaired) electrons. The van der Waals surface area contributed by atoms with Crippen LogP contribution in [0.2, 0.25) is 0 Å². The molecule has 1 atom stereocenters. The highest BCUT2D eigenvalue weighted by molar-refractivity contribution is 7.92. The molecule has 196 valence electrons. The van der Waals surface area contributed by atoms with E-state index in [2.05, 4.69) is 26.1 Å². The highest BCUT2D eigenvalue weighted by Gasteiger charge is 2.38. The van der Waals surface area contributed by atoms with Gasteiger partial charge in [-0.05, 0) is 64.6 Å². The summed E-state index contributed by atoms with van der Waals surface area (Å²) in [4.78, 5) is 13.4. The van der Waals surface area contributed by atoms with E-state index in [0.717, 1.165) is 27.5 Å². The summed E-state index contributed by atoms with van der Waals surface area (Å²) in [6, 6.07) is 26.3. The first-order valence-electron chi connectivity index (χ1n) is 12.7. The Morgan fingerprint density at radius 2 is 1.66 bits per heavy atom. The number of carbonyl (C=O) groups excluding carboxylic acids is 1. The molecule has 6 nitrogen and oxygen atoms in total. The molecular formula is C31H32N2O4S. The number of nitrogens with zero attached hydrogens (tertiary/aromatic N) is 1. The lowest BCUT2D eigenvalue weighted by Crippen LogP contribution is -2.50. The van der Waals surface area contributed by atoms with Crippen molar-refractivity contribution in [2.75, 3.05) is 10.8 Å². The van der Waals surface area contributed by atoms with Crippen molar-refractivity contribution in [1.82, 2.24) is 5.32 Å². The molecule has 0 unspecified atom stereocenters. The van der Waals surface area contributed by atoms with Crippen LogP contribution in [0.25, 0.3) is 10.8 Å². The van der Waals surface area contributed by atoms with Crippen molar-refractivity contribution in [3.8, 4) is 5.75 Å². The SMILES string of the molecule is Cc1ccc(S(=O)(=O)N2C[C@@H](C(=O)NCc3ccc4ccccc4c3)Oc3ccc(C(C)(C)C)cc32)cc1. The number of anilines is 1. The van der Waals surface area contributed by atoms with E-state index < -0.39 is 16.1 Å². The molecule has 0 spiro atoms. The number of hydrogen-bond donors (Lipinski definition) is 1. The maximum atomic E-state index is 13.8. The van der Waals surface area contributed by atoms with E-state index in [1.165, 1.54) is 4.31 Å². The molecule has 1 aliphatic heterocycles. The summed E-state index contributed by atoms with van der Waals surface area (Å²) in [6.07, 6.45) is -0.997. The van der Waals surface area contributed by atoms with Crippen LogP contribution >= 0.6 is 0 Å². The molecular weight excluding hydrogens is 496 g/mol. The van der Waals surface area contributed by atoms with Crippen molar-refractivity contribution in [3.63, 3.8) is 0 Å². The van der Waals surface area contributed by atoms with Gasteiger partial charge in [-0.25, -0.2) is 8.42 Å². The molecule has 1 amide bonds. The average Bonchev–Trinajstić information content (AvgIpc) is 2.90. The molecule has 38 heavy (non-hydrogen) atoms. The molecule has 1 N–H and O–H groups in total. The molecule has 0 aliphatic carbocycles. The third-order valence-electron chi connectivity index (χ3n) is 6.88. The molecule has 1 heterocycles. The monoisotopic (exact) mass is 528 g/mol. The minimum atomic E-state index is -3.94. The maximum absolute atomic E-state index is 13.8. The second-order valence-corrected chi connectivity index (χ2v) is 12.6. The number of aryl methyl sites for hydroxylation is 1. The van der Waals surface area contributed by atoms with Crippen LogP contribution in [0, 0.1) is 6.92 Å². The number of hydrogen-bond acceptors (Lipinski definition) is 4. The number of fused-ring (bicyclic) bond motifs is 2. The van der Waals surface area contributed by atoms with E-state index in [-0.39, 0.29) is 22.8 Å². The Kier molecular flexibility index (Phi) is 6.65. The van der Waals surface area contributed by atoms with Gasteiger partial charge in [0.15, 0.2) is 6.10 Å². The topological polar surface area (TPSA) is 75.7 Å². The highest BCUT2D eigenvalue weighted by Crippen LogP contribution is 2.40. The molecule has 0 aromatic heterocycles. The molecule has 4 aromatic rings. The van der Waals surface area contributed by atoms with Crippen LogP contribution in [-0.4, -0.2) is 27.0 Å². The van der Waals surface area contributed by atoms with Crippen molar-refractivity contribution in [2.24, 2.45) is 0 Å². The van der Waals surface area contributed by atoms with Crippen molar-refractivity contribution in [2.45, 2.75) is 50.7 Å². The van der Waals surface area contributed by atoms with Gasteiger partial charge in [-0.15, -0.1) is 0 Å². The summed E-state index contributed by atoms with van der Waals surface area (Å²) in [5.41, 5.74) is 3.14. The average molecular weight is 529 g/mol. The Morgan fingerprint density at radius 1 is 0.947 bits per heavy atom. The molecule has 5 rings (SSSR count). The van der Waals surface area contributed by atoms with Crippen molar-refractivity contribution < 1.29 is 17.9 Å². The first kappa shape index (κ1) is 25.8. The number of ether oxygens (including phenoxy) is 1. The molecule has 0 saturated heterocycles. The quantitative estimate of drug-likeness (QED) is 0.360. The minimum Gasteiger partial charge on any atom is -0.476 e. The fourth-order valence-corrected chi connectivity index (χ4v) is 6.04. The number of nitrogens with one attached hydrogen (secondary N) is 1. The predicted octanol–water partition coefficient (Wildman–Crippen LogP) is 5.72. The van der Waals surface area contributed by atoms with Crippen molar-refractivity contribution in [1.29, 1.82) is 0 Å². The first-order chi connectivity index (χ1) is 18.0. The third-order valence-corrected chi connectivity index (χ3v) is 8.67. The Labute approximate surface area is 224 Å². The Hall–Kier alpha value is -3.84. The number of carbonyl (C=O) groups is 1. The lowest BCUT2D eigenvalue weighted by atomic mass is 9.86. The zero-order chi connectivity index (χ0) is 27.1. The summed E-state index contributed by atoms with van der Waals surface area (Å²) in [5, 5.41) is 5.15. The van der Waals surface area contributed by atoms with Crippen LogP contribution in [-0.2, 0) is 26.8 Å². The second kappa shape index (κ2) is 9.80. The Bertz CT molecular complexity index is 1610. The van der Waals surface area contributed by atoms with Gasteiger partial charge < -0.3 is 10.1 Å². The second-order valence-electron chi connectivity index (χ2n) is 10.8. The first-order valence-corrected chi connectivity index (χ1v) is 14.1. The van der Waals surface area contributed by atoms with E-state index in [1.807, 2.05) is 61.5 Å². The Balaban J connectivity index is 1.44. The fraction of sp³-hybridized carbons (Fsp3) is 0.258. The molecule has 4 aromatic carbocycles. The van der Waals surface area contributed by atoms with Gasteiger partial charge in [0.2, 0.25) is 0 Å². The van der Waals surface area contributed by atoms with E-state index in [4.69, 9.17) is 4.74 Å². The Morgan fingerprint density at radius 3 is 2.37 bits per heavy atom. The van der Waals surface area contributed by atoms with Gasteiger partial charge >= 0.3 is 0 Å². The van der Waals surface area contributed by atoms with Gasteiger partial charge in [0.25, 0.3) is 15.9 Å². The third kappa shape index (κ3) is 5.11. The van der Waals surface area contributed by atoms with Gasteiger partial charge in [-0.2, -0.15) is 0 Å². The van der Waals surface area contributed by atoms with Crippen LogP contribution < -0.4 is 14.4 Å². The highest BCUT2D eigenvalue weighted by atomic mass is 32.2. The molecule has 0 fully saturated rings. The van der Waals surface area contributed by atoms with Gasteiger partial charge in [0, 0.05) is 6.54 Å². The van der Waals surface area contributed by atoms with Crippen LogP contribution in [0.15, 0.2) is 89.8 Å². The molecule has 0 saturated carbocycles. The van der Waals surface area contributed by atoms with Crippen LogP contribution in [0.1, 0.15) is 37.5 Å². The summed E-state index contributed by atoms with van der Waals surface area (Å²) in [5.74, 6) is -0.00129. The predicted molar refractivity (Wildman–Crippen MR) is 151 cm³/mol. The van der Waals surface area contributed by atoms with Crippen LogP contribution in [0.4, 0.5) is 5.69 Å². The van der Waals surface area contributed by atoms with E-state index in [9.17, 15) is 13.2 Å². The maximum Gasteiger partial charge on any atom is 0.264 e. The number of benzene rings is 4. The minimum absolute atomic E-state index is 0.125. The lowest BCUT2D eigenvalue weighted by Gasteiger charge is -2.36. The van der Waals surface area contributed by atoms with E-state index >= 15 is 0 Å². The number of amides is 1. The fourth-order valence-electron chi connectivity index (χ4n) is 4.57. The van der Waals surface area contributed by atoms with Crippen molar-refractivity contribution >= 4 is 32.4 Å². The van der Waals surface area contributed by atoms with Crippen LogP contribution in [0.3, 0.4) is 0 Å². The summed E-state index contributed by atoms with van der Waals surface area (Å²) in [7, 11) is -3.94. The molecule has 1 aliphatic rings. The summed E-state index contributed by atoms with van der Waals surface area (Å²) < 4.78 is 35.1. The van der Waals surface area contributed by atoms with Gasteiger partial charge in [-0.3, -0.25) is 9.10 Å². The zero-order valence-electron chi connectivity index (χ0n) is 22.1. The largest absolute Gasteiger partial charge is 0.476 e. The smallest absolute Gasteiger partial charge is 0.264 e. The molecule has 7 heteroatoms. The van der Waals surface area contributed by atoms with Crippen molar-refractivity contribution in [3.05, 3.63) is 102 Å². The van der Waals surface area contributed by atoms with E-state index in [0.29, 0.717) is 18.0 Å². The molecule has 0 bridgehead atoms. The van der Waals surface area contributed by atoms with Gasteiger partial charge in [0.1, 0.15) is 5.75 Å². The van der Waals surface area contributed by atoms with Gasteiger partial charge in [0.05, 0.1) is 17.1 Å². The summed E-state index contributed by atoms with van der Waals surface area (Å²) >= 11 is 0. The zero-order valence-corrected chi connectivity index (χ0v) is 22.9. The standard InChI is InChI=1S/C31H32N2O4S/c1-21-9-14-26(15-10-21)38(35,36)33-20-29(37-28-16-13-25(18-27(28)33)31(2,3)4)30(34)32-19-22-11-12-23-7-5-6-8-24(23)17-22/h5-18,29H,19-20H2,1-4H3,(H,32,34)/t29-/m0/s1. The summed E-state index contributed by atoms with van der Waals surface area (Å²) in [6.45, 7) is 8.30. The normalized spacial score (nSPS) is 15.6. The van der Waals surface area contributed by atoms with E-state index in [1.54, 1.807) is 30.3 Å². The number of rotatable bonds is 5.